The Balaban J connectivity index is 0.00000529. The maximum Gasteiger partial charge on any atom is 0.422 e. The van der Waals surface area contributed by atoms with Gasteiger partial charge in [0.25, 0.3) is 0 Å². The molecule has 8 heteroatoms. The van der Waals surface area contributed by atoms with Gasteiger partial charge in [0.2, 0.25) is 5.91 Å². The first-order valence-corrected chi connectivity index (χ1v) is 7.62. The third kappa shape index (κ3) is 9.62. The van der Waals surface area contributed by atoms with Crippen LogP contribution in [0.4, 0.5) is 18.9 Å². The van der Waals surface area contributed by atoms with Crippen LogP contribution >= 0.6 is 12.4 Å². The molecular formula is C16H24ClF3N2O2. The number of benzene rings is 1. The standard InChI is InChI=1S/C16H23F3N2O2.ClH/c1-12-10-13(7-8-14(12)23-11-16(17,18)19)21-15(22)6-4-2-3-5-9-20;/h7-8,10H,2-6,9,11,20H2,1H3,(H,21,22);1H. The molecule has 0 heterocycles. The van der Waals surface area contributed by atoms with Crippen molar-refractivity contribution in [2.45, 2.75) is 45.2 Å². The average molecular weight is 369 g/mol. The molecule has 0 spiro atoms. The number of aryl methyl sites for hydroxylation is 1. The van der Waals surface area contributed by atoms with Crippen LogP contribution in [0, 0.1) is 6.92 Å². The summed E-state index contributed by atoms with van der Waals surface area (Å²) >= 11 is 0. The third-order valence-electron chi connectivity index (χ3n) is 3.21. The van der Waals surface area contributed by atoms with Gasteiger partial charge >= 0.3 is 6.18 Å². The highest BCUT2D eigenvalue weighted by Crippen LogP contribution is 2.24. The number of alkyl halides is 3. The molecule has 1 rings (SSSR count). The number of unbranched alkanes of at least 4 members (excludes halogenated alkanes) is 3. The SMILES string of the molecule is Cc1cc(NC(=O)CCCCCCN)ccc1OCC(F)(F)F.Cl. The Hall–Kier alpha value is -1.47. The molecule has 0 radical (unpaired) electrons. The highest BCUT2D eigenvalue weighted by atomic mass is 35.5. The van der Waals surface area contributed by atoms with E-state index >= 15 is 0 Å². The van der Waals surface area contributed by atoms with Crippen LogP contribution in [0.1, 0.15) is 37.7 Å². The second-order valence-corrected chi connectivity index (χ2v) is 5.39. The van der Waals surface area contributed by atoms with Crippen LogP contribution in [0.3, 0.4) is 0 Å². The van der Waals surface area contributed by atoms with Crippen molar-refractivity contribution in [3.8, 4) is 5.75 Å². The number of hydrogen-bond acceptors (Lipinski definition) is 3. The van der Waals surface area contributed by atoms with Crippen molar-refractivity contribution in [3.63, 3.8) is 0 Å². The van der Waals surface area contributed by atoms with Crippen LogP contribution in [0.15, 0.2) is 18.2 Å². The van der Waals surface area contributed by atoms with Crippen molar-refractivity contribution >= 4 is 24.0 Å². The van der Waals surface area contributed by atoms with Crippen molar-refractivity contribution in [1.82, 2.24) is 0 Å². The Bertz CT molecular complexity index is 511. The molecule has 0 bridgehead atoms. The summed E-state index contributed by atoms with van der Waals surface area (Å²) in [6, 6.07) is 4.56. The lowest BCUT2D eigenvalue weighted by molar-refractivity contribution is -0.153. The number of hydrogen-bond donors (Lipinski definition) is 2. The van der Waals surface area contributed by atoms with Gasteiger partial charge in [0.1, 0.15) is 5.75 Å². The molecule has 3 N–H and O–H groups in total. The van der Waals surface area contributed by atoms with E-state index in [9.17, 15) is 18.0 Å². The van der Waals surface area contributed by atoms with Crippen molar-refractivity contribution in [2.75, 3.05) is 18.5 Å². The maximum absolute atomic E-state index is 12.1. The first-order valence-electron chi connectivity index (χ1n) is 7.62. The Morgan fingerprint density at radius 1 is 1.21 bits per heavy atom. The molecule has 4 nitrogen and oxygen atoms in total. The highest BCUT2D eigenvalue weighted by Gasteiger charge is 2.28. The van der Waals surface area contributed by atoms with E-state index in [4.69, 9.17) is 10.5 Å². The van der Waals surface area contributed by atoms with Gasteiger partial charge in [-0.25, -0.2) is 0 Å². The number of nitrogens with one attached hydrogen (secondary N) is 1. The van der Waals surface area contributed by atoms with E-state index in [1.807, 2.05) is 0 Å². The molecule has 0 saturated carbocycles. The van der Waals surface area contributed by atoms with Crippen molar-refractivity contribution in [2.24, 2.45) is 5.73 Å². The fourth-order valence-corrected chi connectivity index (χ4v) is 2.06. The molecule has 24 heavy (non-hydrogen) atoms. The van der Waals surface area contributed by atoms with E-state index < -0.39 is 12.8 Å². The number of carbonyl (C=O) groups is 1. The van der Waals surface area contributed by atoms with E-state index in [0.717, 1.165) is 25.7 Å². The van der Waals surface area contributed by atoms with E-state index in [1.54, 1.807) is 13.0 Å². The zero-order chi connectivity index (χ0) is 17.3. The Kier molecular flexibility index (Phi) is 10.5. The minimum absolute atomic E-state index is 0. The lowest BCUT2D eigenvalue weighted by Gasteiger charge is -2.13. The van der Waals surface area contributed by atoms with Crippen LogP contribution in [0.25, 0.3) is 0 Å². The molecule has 1 aromatic carbocycles. The molecule has 138 valence electrons. The molecule has 0 aromatic heterocycles. The van der Waals surface area contributed by atoms with Crippen LogP contribution in [0.5, 0.6) is 5.75 Å². The quantitative estimate of drug-likeness (QED) is 0.642. The van der Waals surface area contributed by atoms with Gasteiger partial charge in [0, 0.05) is 12.1 Å². The smallest absolute Gasteiger partial charge is 0.422 e. The monoisotopic (exact) mass is 368 g/mol. The van der Waals surface area contributed by atoms with E-state index in [-0.39, 0.29) is 24.1 Å². The summed E-state index contributed by atoms with van der Waals surface area (Å²) in [5.74, 6) is 0.0446. The van der Waals surface area contributed by atoms with Gasteiger partial charge in [-0.3, -0.25) is 4.79 Å². The number of halogens is 4. The fourth-order valence-electron chi connectivity index (χ4n) is 2.06. The summed E-state index contributed by atoms with van der Waals surface area (Å²) in [6.07, 6.45) is -0.251. The minimum Gasteiger partial charge on any atom is -0.484 e. The average Bonchev–Trinajstić information content (AvgIpc) is 2.45. The molecule has 0 aliphatic heterocycles. The van der Waals surface area contributed by atoms with Gasteiger partial charge in [-0.1, -0.05) is 12.8 Å². The van der Waals surface area contributed by atoms with Crippen LogP contribution in [0.2, 0.25) is 0 Å². The molecule has 0 aliphatic carbocycles. The van der Waals surface area contributed by atoms with Crippen LogP contribution in [-0.2, 0) is 4.79 Å². The van der Waals surface area contributed by atoms with Gasteiger partial charge in [-0.15, -0.1) is 12.4 Å². The molecule has 1 aromatic rings. The predicted molar refractivity (Wildman–Crippen MR) is 90.7 cm³/mol. The predicted octanol–water partition coefficient (Wildman–Crippen LogP) is 4.21. The summed E-state index contributed by atoms with van der Waals surface area (Å²) < 4.78 is 41.1. The first kappa shape index (κ1) is 22.5. The summed E-state index contributed by atoms with van der Waals surface area (Å²) in [5.41, 5.74) is 6.48. The van der Waals surface area contributed by atoms with Gasteiger partial charge in [-0.05, 0) is 50.1 Å². The van der Waals surface area contributed by atoms with E-state index in [0.29, 0.717) is 24.2 Å². The lowest BCUT2D eigenvalue weighted by atomic mass is 10.1. The molecule has 1 amide bonds. The Labute approximate surface area is 146 Å². The molecule has 0 fully saturated rings. The van der Waals surface area contributed by atoms with E-state index in [1.165, 1.54) is 12.1 Å². The zero-order valence-corrected chi connectivity index (χ0v) is 14.4. The van der Waals surface area contributed by atoms with Gasteiger partial charge < -0.3 is 15.8 Å². The zero-order valence-electron chi connectivity index (χ0n) is 13.6. The van der Waals surface area contributed by atoms with Gasteiger partial charge in [0.15, 0.2) is 6.61 Å². The third-order valence-corrected chi connectivity index (χ3v) is 3.21. The second kappa shape index (κ2) is 11.1. The lowest BCUT2D eigenvalue weighted by Crippen LogP contribution is -2.19. The largest absolute Gasteiger partial charge is 0.484 e. The number of nitrogens with two attached hydrogens (primary N) is 1. The highest BCUT2D eigenvalue weighted by molar-refractivity contribution is 5.90. The van der Waals surface area contributed by atoms with Crippen molar-refractivity contribution in [3.05, 3.63) is 23.8 Å². The molecule has 0 saturated heterocycles. The molecule has 0 aliphatic rings. The van der Waals surface area contributed by atoms with Gasteiger partial charge in [0.05, 0.1) is 0 Å². The summed E-state index contributed by atoms with van der Waals surface area (Å²) in [4.78, 5) is 11.8. The molecule has 0 unspecified atom stereocenters. The number of carbonyl (C=O) groups excluding carboxylic acids is 1. The summed E-state index contributed by atoms with van der Waals surface area (Å²) in [7, 11) is 0. The number of ether oxygens (including phenoxy) is 1. The molecule has 0 atom stereocenters. The Morgan fingerprint density at radius 2 is 1.88 bits per heavy atom. The topological polar surface area (TPSA) is 64.4 Å². The summed E-state index contributed by atoms with van der Waals surface area (Å²) in [5, 5.41) is 2.73. The maximum atomic E-state index is 12.1. The summed E-state index contributed by atoms with van der Waals surface area (Å²) in [6.45, 7) is 0.963. The van der Waals surface area contributed by atoms with Gasteiger partial charge in [-0.2, -0.15) is 13.2 Å². The normalized spacial score (nSPS) is 10.9. The van der Waals surface area contributed by atoms with Crippen LogP contribution < -0.4 is 15.8 Å². The first-order chi connectivity index (χ1) is 10.8. The van der Waals surface area contributed by atoms with Crippen LogP contribution in [-0.4, -0.2) is 25.2 Å². The molecular weight excluding hydrogens is 345 g/mol. The fraction of sp³-hybridized carbons (Fsp3) is 0.562. The van der Waals surface area contributed by atoms with Crippen molar-refractivity contribution < 1.29 is 22.7 Å². The minimum atomic E-state index is -4.37. The number of anilines is 1. The Morgan fingerprint density at radius 3 is 2.46 bits per heavy atom. The number of rotatable bonds is 9. The second-order valence-electron chi connectivity index (χ2n) is 5.39. The number of amides is 1. The van der Waals surface area contributed by atoms with E-state index in [2.05, 4.69) is 5.32 Å². The van der Waals surface area contributed by atoms with Crippen molar-refractivity contribution in [1.29, 1.82) is 0 Å².